The fourth-order valence-corrected chi connectivity index (χ4v) is 2.53. The van der Waals surface area contributed by atoms with Gasteiger partial charge in [-0.15, -0.1) is 0 Å². The van der Waals surface area contributed by atoms with Crippen LogP contribution in [-0.2, 0) is 6.54 Å². The SMILES string of the molecule is CSCCCCNCc1cncc2ccccc12. The Hall–Kier alpha value is -1.06. The molecule has 0 aliphatic carbocycles. The monoisotopic (exact) mass is 260 g/mol. The zero-order valence-electron chi connectivity index (χ0n) is 10.9. The van der Waals surface area contributed by atoms with Crippen LogP contribution in [0.1, 0.15) is 18.4 Å². The summed E-state index contributed by atoms with van der Waals surface area (Å²) in [6, 6.07) is 8.43. The quantitative estimate of drug-likeness (QED) is 0.772. The molecule has 1 aromatic heterocycles. The van der Waals surface area contributed by atoms with E-state index < -0.39 is 0 Å². The summed E-state index contributed by atoms with van der Waals surface area (Å²) in [6.45, 7) is 2.00. The number of pyridine rings is 1. The Labute approximate surface area is 113 Å². The lowest BCUT2D eigenvalue weighted by Crippen LogP contribution is -2.15. The molecule has 1 aromatic carbocycles. The molecule has 0 bridgehead atoms. The largest absolute Gasteiger partial charge is 0.313 e. The molecule has 0 saturated heterocycles. The third-order valence-corrected chi connectivity index (χ3v) is 3.72. The summed E-state index contributed by atoms with van der Waals surface area (Å²) in [7, 11) is 0. The van der Waals surface area contributed by atoms with Crippen LogP contribution in [0.4, 0.5) is 0 Å². The number of aromatic nitrogens is 1. The normalized spacial score (nSPS) is 10.9. The predicted octanol–water partition coefficient (Wildman–Crippen LogP) is 3.47. The van der Waals surface area contributed by atoms with Crippen molar-refractivity contribution in [3.05, 3.63) is 42.2 Å². The Morgan fingerprint density at radius 3 is 2.94 bits per heavy atom. The van der Waals surface area contributed by atoms with Crippen LogP contribution >= 0.6 is 11.8 Å². The molecule has 1 N–H and O–H groups in total. The summed E-state index contributed by atoms with van der Waals surface area (Å²) in [5.74, 6) is 1.26. The second-order valence-electron chi connectivity index (χ2n) is 4.40. The van der Waals surface area contributed by atoms with Gasteiger partial charge in [0.2, 0.25) is 0 Å². The van der Waals surface area contributed by atoms with Gasteiger partial charge in [-0.05, 0) is 42.3 Å². The van der Waals surface area contributed by atoms with E-state index in [9.17, 15) is 0 Å². The van der Waals surface area contributed by atoms with Gasteiger partial charge in [0.05, 0.1) is 0 Å². The van der Waals surface area contributed by atoms with E-state index in [0.717, 1.165) is 13.1 Å². The first-order valence-electron chi connectivity index (χ1n) is 6.43. The Morgan fingerprint density at radius 2 is 2.06 bits per heavy atom. The number of nitrogens with zero attached hydrogens (tertiary/aromatic N) is 1. The molecule has 3 heteroatoms. The Morgan fingerprint density at radius 1 is 1.17 bits per heavy atom. The summed E-state index contributed by atoms with van der Waals surface area (Å²) in [5.41, 5.74) is 1.29. The molecule has 1 heterocycles. The molecule has 2 nitrogen and oxygen atoms in total. The van der Waals surface area contributed by atoms with E-state index in [-0.39, 0.29) is 0 Å². The van der Waals surface area contributed by atoms with E-state index in [1.807, 2.05) is 24.2 Å². The molecular weight excluding hydrogens is 240 g/mol. The van der Waals surface area contributed by atoms with Crippen LogP contribution in [0.25, 0.3) is 10.8 Å². The lowest BCUT2D eigenvalue weighted by atomic mass is 10.1. The number of fused-ring (bicyclic) bond motifs is 1. The van der Waals surface area contributed by atoms with Crippen molar-refractivity contribution in [3.8, 4) is 0 Å². The van der Waals surface area contributed by atoms with E-state index >= 15 is 0 Å². The fourth-order valence-electron chi connectivity index (χ4n) is 2.04. The summed E-state index contributed by atoms with van der Waals surface area (Å²) >= 11 is 1.92. The minimum atomic E-state index is 0.910. The van der Waals surface area contributed by atoms with Crippen LogP contribution in [0.5, 0.6) is 0 Å². The molecular formula is C15H20N2S. The van der Waals surface area contributed by atoms with E-state index in [1.165, 1.54) is 34.9 Å². The zero-order valence-corrected chi connectivity index (χ0v) is 11.7. The molecule has 0 aliphatic rings. The average Bonchev–Trinajstić information content (AvgIpc) is 2.43. The Bertz CT molecular complexity index is 479. The molecule has 0 fully saturated rings. The van der Waals surface area contributed by atoms with Gasteiger partial charge in [-0.3, -0.25) is 4.98 Å². The lowest BCUT2D eigenvalue weighted by molar-refractivity contribution is 0.645. The van der Waals surface area contributed by atoms with Gasteiger partial charge in [0.25, 0.3) is 0 Å². The van der Waals surface area contributed by atoms with Crippen LogP contribution < -0.4 is 5.32 Å². The van der Waals surface area contributed by atoms with E-state index in [1.54, 1.807) is 0 Å². The third-order valence-electron chi connectivity index (χ3n) is 3.02. The molecule has 0 amide bonds. The van der Waals surface area contributed by atoms with Gasteiger partial charge in [-0.1, -0.05) is 24.3 Å². The van der Waals surface area contributed by atoms with Crippen molar-refractivity contribution >= 4 is 22.5 Å². The van der Waals surface area contributed by atoms with Gasteiger partial charge in [-0.2, -0.15) is 11.8 Å². The molecule has 18 heavy (non-hydrogen) atoms. The molecule has 0 aliphatic heterocycles. The summed E-state index contributed by atoms with van der Waals surface area (Å²) in [5, 5.41) is 6.03. The predicted molar refractivity (Wildman–Crippen MR) is 81.1 cm³/mol. The maximum Gasteiger partial charge on any atom is 0.0346 e. The second-order valence-corrected chi connectivity index (χ2v) is 5.38. The maximum absolute atomic E-state index is 4.30. The van der Waals surface area contributed by atoms with Crippen molar-refractivity contribution in [2.75, 3.05) is 18.6 Å². The number of nitrogens with one attached hydrogen (secondary N) is 1. The maximum atomic E-state index is 4.30. The standard InChI is InChI=1S/C15H20N2S/c1-18-9-5-4-8-16-11-14-12-17-10-13-6-2-3-7-15(13)14/h2-3,6-7,10,12,16H,4-5,8-9,11H2,1H3. The van der Waals surface area contributed by atoms with Crippen molar-refractivity contribution < 1.29 is 0 Å². The molecule has 0 radical (unpaired) electrons. The summed E-state index contributed by atoms with van der Waals surface area (Å²) in [4.78, 5) is 4.30. The fraction of sp³-hybridized carbons (Fsp3) is 0.400. The molecule has 96 valence electrons. The van der Waals surface area contributed by atoms with E-state index in [0.29, 0.717) is 0 Å². The van der Waals surface area contributed by atoms with Gasteiger partial charge in [-0.25, -0.2) is 0 Å². The first-order chi connectivity index (χ1) is 8.92. The number of rotatable bonds is 7. The molecule has 0 spiro atoms. The average molecular weight is 260 g/mol. The minimum Gasteiger partial charge on any atom is -0.313 e. The van der Waals surface area contributed by atoms with Crippen LogP contribution in [0, 0.1) is 0 Å². The number of hydrogen-bond acceptors (Lipinski definition) is 3. The van der Waals surface area contributed by atoms with Gasteiger partial charge >= 0.3 is 0 Å². The third kappa shape index (κ3) is 3.72. The summed E-state index contributed by atoms with van der Waals surface area (Å²) < 4.78 is 0. The molecule has 2 rings (SSSR count). The van der Waals surface area contributed by atoms with Gasteiger partial charge < -0.3 is 5.32 Å². The van der Waals surface area contributed by atoms with Crippen molar-refractivity contribution in [1.82, 2.24) is 10.3 Å². The minimum absolute atomic E-state index is 0.910. The topological polar surface area (TPSA) is 24.9 Å². The molecule has 0 unspecified atom stereocenters. The zero-order chi connectivity index (χ0) is 12.6. The number of benzene rings is 1. The van der Waals surface area contributed by atoms with Crippen molar-refractivity contribution in [3.63, 3.8) is 0 Å². The number of thioether (sulfide) groups is 1. The van der Waals surface area contributed by atoms with Crippen LogP contribution in [0.15, 0.2) is 36.7 Å². The molecule has 2 aromatic rings. The van der Waals surface area contributed by atoms with Crippen LogP contribution in [0.3, 0.4) is 0 Å². The first-order valence-corrected chi connectivity index (χ1v) is 7.82. The van der Waals surface area contributed by atoms with Gasteiger partial charge in [0.1, 0.15) is 0 Å². The van der Waals surface area contributed by atoms with E-state index in [2.05, 4.69) is 40.8 Å². The molecule has 0 saturated carbocycles. The smallest absolute Gasteiger partial charge is 0.0346 e. The highest BCUT2D eigenvalue weighted by Crippen LogP contribution is 2.16. The molecule has 0 atom stereocenters. The number of hydrogen-bond donors (Lipinski definition) is 1. The van der Waals surface area contributed by atoms with E-state index in [4.69, 9.17) is 0 Å². The first kappa shape index (κ1) is 13.4. The highest BCUT2D eigenvalue weighted by molar-refractivity contribution is 7.98. The van der Waals surface area contributed by atoms with Crippen molar-refractivity contribution in [1.29, 1.82) is 0 Å². The van der Waals surface area contributed by atoms with Crippen LogP contribution in [0.2, 0.25) is 0 Å². The highest BCUT2D eigenvalue weighted by atomic mass is 32.2. The number of unbranched alkanes of at least 4 members (excludes halogenated alkanes) is 1. The highest BCUT2D eigenvalue weighted by Gasteiger charge is 2.00. The van der Waals surface area contributed by atoms with Gasteiger partial charge in [0, 0.05) is 24.3 Å². The van der Waals surface area contributed by atoms with Crippen LogP contribution in [-0.4, -0.2) is 23.5 Å². The lowest BCUT2D eigenvalue weighted by Gasteiger charge is -2.07. The Balaban J connectivity index is 1.88. The Kier molecular flexibility index (Phi) is 5.49. The van der Waals surface area contributed by atoms with Crippen molar-refractivity contribution in [2.45, 2.75) is 19.4 Å². The van der Waals surface area contributed by atoms with Crippen molar-refractivity contribution in [2.24, 2.45) is 0 Å². The second kappa shape index (κ2) is 7.39. The van der Waals surface area contributed by atoms with Gasteiger partial charge in [0.15, 0.2) is 0 Å². The summed E-state index contributed by atoms with van der Waals surface area (Å²) in [6.07, 6.45) is 8.60.